The highest BCUT2D eigenvalue weighted by Crippen LogP contribution is 2.17. The van der Waals surface area contributed by atoms with Crippen LogP contribution < -0.4 is 5.32 Å². The van der Waals surface area contributed by atoms with E-state index < -0.39 is 26.8 Å². The topological polar surface area (TPSA) is 63.2 Å². The van der Waals surface area contributed by atoms with Crippen LogP contribution in [-0.2, 0) is 21.1 Å². The number of carbonyl (C=O) groups is 1. The number of amides is 1. The second kappa shape index (κ2) is 7.57. The van der Waals surface area contributed by atoms with Crippen molar-refractivity contribution < 1.29 is 17.6 Å². The van der Waals surface area contributed by atoms with Crippen LogP contribution in [-0.4, -0.2) is 26.1 Å². The van der Waals surface area contributed by atoms with Crippen molar-refractivity contribution in [3.63, 3.8) is 0 Å². The average molecular weight is 349 g/mol. The fourth-order valence-corrected chi connectivity index (χ4v) is 3.66. The molecule has 6 heteroatoms. The summed E-state index contributed by atoms with van der Waals surface area (Å²) >= 11 is 0. The molecule has 0 aliphatic carbocycles. The largest absolute Gasteiger partial charge is 0.355 e. The van der Waals surface area contributed by atoms with Crippen LogP contribution in [0.3, 0.4) is 0 Å². The minimum absolute atomic E-state index is 0.191. The van der Waals surface area contributed by atoms with Gasteiger partial charge in [-0.25, -0.2) is 12.8 Å². The van der Waals surface area contributed by atoms with E-state index in [1.54, 1.807) is 0 Å². The van der Waals surface area contributed by atoms with E-state index in [4.69, 9.17) is 0 Å². The molecule has 1 N–H and O–H groups in total. The average Bonchev–Trinajstić information content (AvgIpc) is 2.55. The molecule has 1 unspecified atom stereocenters. The SMILES string of the molecule is Cc1ccccc1CCNC(=O)C(C)S(=O)(=O)c1cccc(F)c1. The molecule has 0 radical (unpaired) electrons. The molecule has 1 atom stereocenters. The van der Waals surface area contributed by atoms with Crippen molar-refractivity contribution >= 4 is 15.7 Å². The summed E-state index contributed by atoms with van der Waals surface area (Å²) in [4.78, 5) is 11.9. The van der Waals surface area contributed by atoms with Crippen molar-refractivity contribution in [2.75, 3.05) is 6.54 Å². The van der Waals surface area contributed by atoms with Crippen LogP contribution >= 0.6 is 0 Å². The monoisotopic (exact) mass is 349 g/mol. The van der Waals surface area contributed by atoms with E-state index in [1.807, 2.05) is 31.2 Å². The third-order valence-electron chi connectivity index (χ3n) is 3.91. The molecular weight excluding hydrogens is 329 g/mol. The fraction of sp³-hybridized carbons (Fsp3) is 0.278. The normalized spacial score (nSPS) is 12.6. The lowest BCUT2D eigenvalue weighted by molar-refractivity contribution is -0.120. The van der Waals surface area contributed by atoms with Gasteiger partial charge in [-0.3, -0.25) is 4.79 Å². The number of carbonyl (C=O) groups excluding carboxylic acids is 1. The number of hydrogen-bond donors (Lipinski definition) is 1. The van der Waals surface area contributed by atoms with Gasteiger partial charge in [0.05, 0.1) is 4.90 Å². The molecule has 0 saturated heterocycles. The number of rotatable bonds is 6. The molecule has 2 aromatic rings. The van der Waals surface area contributed by atoms with Gasteiger partial charge in [0.2, 0.25) is 5.91 Å². The van der Waals surface area contributed by atoms with Crippen LogP contribution in [0.5, 0.6) is 0 Å². The highest BCUT2D eigenvalue weighted by Gasteiger charge is 2.29. The number of nitrogens with one attached hydrogen (secondary N) is 1. The summed E-state index contributed by atoms with van der Waals surface area (Å²) in [6.07, 6.45) is 0.616. The standard InChI is InChI=1S/C18H20FNO3S/c1-13-6-3-4-7-15(13)10-11-20-18(21)14(2)24(22,23)17-9-5-8-16(19)12-17/h3-9,12,14H,10-11H2,1-2H3,(H,20,21). The van der Waals surface area contributed by atoms with Crippen molar-refractivity contribution in [3.05, 3.63) is 65.5 Å². The predicted molar refractivity (Wildman–Crippen MR) is 90.9 cm³/mol. The number of benzene rings is 2. The Morgan fingerprint density at radius 3 is 2.54 bits per heavy atom. The maximum atomic E-state index is 13.2. The Labute approximate surface area is 141 Å². The van der Waals surface area contributed by atoms with Crippen molar-refractivity contribution in [2.24, 2.45) is 0 Å². The lowest BCUT2D eigenvalue weighted by Gasteiger charge is -2.14. The molecule has 0 heterocycles. The third-order valence-corrected chi connectivity index (χ3v) is 5.97. The molecule has 0 fully saturated rings. The second-order valence-electron chi connectivity index (χ2n) is 5.61. The molecule has 24 heavy (non-hydrogen) atoms. The van der Waals surface area contributed by atoms with E-state index in [-0.39, 0.29) is 4.90 Å². The summed E-state index contributed by atoms with van der Waals surface area (Å²) in [7, 11) is -3.92. The zero-order valence-electron chi connectivity index (χ0n) is 13.6. The summed E-state index contributed by atoms with van der Waals surface area (Å²) < 4.78 is 38.0. The Morgan fingerprint density at radius 2 is 1.88 bits per heavy atom. The molecule has 0 aliphatic heterocycles. The molecule has 0 aliphatic rings. The highest BCUT2D eigenvalue weighted by atomic mass is 32.2. The zero-order chi connectivity index (χ0) is 17.7. The number of sulfone groups is 1. The molecule has 4 nitrogen and oxygen atoms in total. The molecule has 1 amide bonds. The number of hydrogen-bond acceptors (Lipinski definition) is 3. The van der Waals surface area contributed by atoms with Gasteiger partial charge in [0, 0.05) is 6.54 Å². The van der Waals surface area contributed by atoms with E-state index in [0.717, 1.165) is 23.3 Å². The molecule has 128 valence electrons. The molecule has 0 spiro atoms. The van der Waals surface area contributed by atoms with E-state index in [2.05, 4.69) is 5.32 Å². The Morgan fingerprint density at radius 1 is 1.17 bits per heavy atom. The van der Waals surface area contributed by atoms with Gasteiger partial charge in [0.1, 0.15) is 11.1 Å². The molecule has 0 saturated carbocycles. The van der Waals surface area contributed by atoms with Crippen LogP contribution in [0.25, 0.3) is 0 Å². The number of halogens is 1. The lowest BCUT2D eigenvalue weighted by atomic mass is 10.1. The first-order valence-corrected chi connectivity index (χ1v) is 9.18. The van der Waals surface area contributed by atoms with Gasteiger partial charge in [-0.2, -0.15) is 0 Å². The highest BCUT2D eigenvalue weighted by molar-refractivity contribution is 7.92. The summed E-state index contributed by atoms with van der Waals surface area (Å²) in [5.74, 6) is -1.24. The van der Waals surface area contributed by atoms with Crippen LogP contribution in [0.4, 0.5) is 4.39 Å². The van der Waals surface area contributed by atoms with Crippen LogP contribution in [0, 0.1) is 12.7 Å². The molecule has 2 rings (SSSR count). The van der Waals surface area contributed by atoms with Gasteiger partial charge < -0.3 is 5.32 Å². The van der Waals surface area contributed by atoms with Gasteiger partial charge in [0.15, 0.2) is 9.84 Å². The quantitative estimate of drug-likeness (QED) is 0.872. The van der Waals surface area contributed by atoms with Gasteiger partial charge in [-0.1, -0.05) is 30.3 Å². The van der Waals surface area contributed by atoms with Crippen molar-refractivity contribution in [1.29, 1.82) is 0 Å². The lowest BCUT2D eigenvalue weighted by Crippen LogP contribution is -2.38. The summed E-state index contributed by atoms with van der Waals surface area (Å²) in [5.41, 5.74) is 2.21. The first-order chi connectivity index (χ1) is 11.3. The molecule has 2 aromatic carbocycles. The van der Waals surface area contributed by atoms with Crippen LogP contribution in [0.15, 0.2) is 53.4 Å². The zero-order valence-corrected chi connectivity index (χ0v) is 14.4. The second-order valence-corrected chi connectivity index (χ2v) is 7.88. The van der Waals surface area contributed by atoms with Gasteiger partial charge in [-0.15, -0.1) is 0 Å². The van der Waals surface area contributed by atoms with Crippen molar-refractivity contribution in [2.45, 2.75) is 30.4 Å². The maximum absolute atomic E-state index is 13.2. The van der Waals surface area contributed by atoms with E-state index in [9.17, 15) is 17.6 Å². The van der Waals surface area contributed by atoms with Gasteiger partial charge in [-0.05, 0) is 49.6 Å². The van der Waals surface area contributed by atoms with Crippen LogP contribution in [0.2, 0.25) is 0 Å². The van der Waals surface area contributed by atoms with Gasteiger partial charge >= 0.3 is 0 Å². The van der Waals surface area contributed by atoms with E-state index in [1.165, 1.54) is 19.1 Å². The Kier molecular flexibility index (Phi) is 5.72. The maximum Gasteiger partial charge on any atom is 0.238 e. The molecular formula is C18H20FNO3S. The smallest absolute Gasteiger partial charge is 0.238 e. The van der Waals surface area contributed by atoms with Gasteiger partial charge in [0.25, 0.3) is 0 Å². The van der Waals surface area contributed by atoms with Crippen LogP contribution in [0.1, 0.15) is 18.1 Å². The first kappa shape index (κ1) is 18.1. The molecule has 0 bridgehead atoms. The van der Waals surface area contributed by atoms with E-state index in [0.29, 0.717) is 13.0 Å². The van der Waals surface area contributed by atoms with Crippen molar-refractivity contribution in [1.82, 2.24) is 5.32 Å². The predicted octanol–water partition coefficient (Wildman–Crippen LogP) is 2.66. The fourth-order valence-electron chi connectivity index (χ4n) is 2.34. The first-order valence-electron chi connectivity index (χ1n) is 7.64. The summed E-state index contributed by atoms with van der Waals surface area (Å²) in [6, 6.07) is 12.5. The number of aryl methyl sites for hydroxylation is 1. The van der Waals surface area contributed by atoms with E-state index >= 15 is 0 Å². The minimum Gasteiger partial charge on any atom is -0.355 e. The summed E-state index contributed by atoms with van der Waals surface area (Å²) in [5, 5.41) is 1.36. The Bertz CT molecular complexity index is 834. The Hall–Kier alpha value is -2.21. The molecule has 0 aromatic heterocycles. The Balaban J connectivity index is 2.00. The summed E-state index contributed by atoms with van der Waals surface area (Å²) in [6.45, 7) is 3.63. The minimum atomic E-state index is -3.92. The van der Waals surface area contributed by atoms with Crippen molar-refractivity contribution in [3.8, 4) is 0 Å². The third kappa shape index (κ3) is 4.20.